The summed E-state index contributed by atoms with van der Waals surface area (Å²) in [5.41, 5.74) is 5.40. The monoisotopic (exact) mass is 406 g/mol. The van der Waals surface area contributed by atoms with Gasteiger partial charge in [-0.05, 0) is 37.1 Å². The summed E-state index contributed by atoms with van der Waals surface area (Å²) in [5, 5.41) is 0. The summed E-state index contributed by atoms with van der Waals surface area (Å²) in [7, 11) is 1.81. The molecule has 1 heterocycles. The van der Waals surface area contributed by atoms with E-state index in [-0.39, 0.29) is 18.3 Å². The topological polar surface area (TPSA) is 64.8 Å². The molecule has 1 aliphatic heterocycles. The number of carbonyl (C=O) groups excluding carboxylic acids is 1. The first-order valence-corrected chi connectivity index (χ1v) is 8.28. The lowest BCUT2D eigenvalue weighted by Crippen LogP contribution is -2.50. The van der Waals surface area contributed by atoms with Crippen LogP contribution in [0.1, 0.15) is 12.8 Å². The molecule has 130 valence electrons. The van der Waals surface area contributed by atoms with Gasteiger partial charge in [-0.3, -0.25) is 4.79 Å². The Balaban J connectivity index is 0.00000264. The van der Waals surface area contributed by atoms with Gasteiger partial charge in [0.15, 0.2) is 0 Å². The van der Waals surface area contributed by atoms with Gasteiger partial charge in [0.05, 0.1) is 12.0 Å². The smallest absolute Gasteiger partial charge is 0.230 e. The molecule has 0 aromatic heterocycles. The number of hydrogen-bond acceptors (Lipinski definition) is 4. The molecule has 1 fully saturated rings. The van der Waals surface area contributed by atoms with Crippen molar-refractivity contribution in [3.05, 3.63) is 28.7 Å². The Morgan fingerprint density at radius 3 is 2.52 bits per heavy atom. The molecule has 1 aromatic rings. The van der Waals surface area contributed by atoms with Crippen LogP contribution in [0, 0.1) is 5.41 Å². The highest BCUT2D eigenvalue weighted by Gasteiger charge is 2.40. The van der Waals surface area contributed by atoms with Gasteiger partial charge in [0.2, 0.25) is 5.91 Å². The van der Waals surface area contributed by atoms with Crippen molar-refractivity contribution in [3.63, 3.8) is 0 Å². The average molecular weight is 408 g/mol. The number of halogens is 2. The predicted octanol–water partition coefficient (Wildman–Crippen LogP) is 2.46. The van der Waals surface area contributed by atoms with Crippen molar-refractivity contribution < 1.29 is 14.3 Å². The third-order valence-electron chi connectivity index (χ3n) is 4.15. The van der Waals surface area contributed by atoms with Crippen LogP contribution in [0.5, 0.6) is 5.75 Å². The molecule has 0 unspecified atom stereocenters. The lowest BCUT2D eigenvalue weighted by Gasteiger charge is -2.37. The van der Waals surface area contributed by atoms with Crippen LogP contribution in [0.2, 0.25) is 0 Å². The van der Waals surface area contributed by atoms with Gasteiger partial charge < -0.3 is 20.1 Å². The number of rotatable bonds is 6. The summed E-state index contributed by atoms with van der Waals surface area (Å²) >= 11 is 3.38. The molecule has 0 radical (unpaired) electrons. The quantitative estimate of drug-likeness (QED) is 0.787. The zero-order valence-electron chi connectivity index (χ0n) is 13.3. The van der Waals surface area contributed by atoms with E-state index in [0.29, 0.717) is 45.8 Å². The van der Waals surface area contributed by atoms with Crippen LogP contribution in [-0.2, 0) is 9.53 Å². The van der Waals surface area contributed by atoms with Crippen LogP contribution >= 0.6 is 28.3 Å². The Hall–Kier alpha value is -0.820. The molecule has 1 aliphatic rings. The van der Waals surface area contributed by atoms with Gasteiger partial charge in [0.1, 0.15) is 12.4 Å². The average Bonchev–Trinajstić information content (AvgIpc) is 2.56. The van der Waals surface area contributed by atoms with E-state index in [2.05, 4.69) is 15.9 Å². The fourth-order valence-corrected chi connectivity index (χ4v) is 2.87. The first-order valence-electron chi connectivity index (χ1n) is 7.49. The molecule has 0 bridgehead atoms. The Bertz CT molecular complexity index is 493. The van der Waals surface area contributed by atoms with E-state index in [4.69, 9.17) is 15.2 Å². The van der Waals surface area contributed by atoms with Crippen molar-refractivity contribution in [1.82, 2.24) is 4.90 Å². The molecule has 0 saturated carbocycles. The summed E-state index contributed by atoms with van der Waals surface area (Å²) < 4.78 is 12.0. The van der Waals surface area contributed by atoms with Gasteiger partial charge in [0, 0.05) is 31.3 Å². The van der Waals surface area contributed by atoms with Crippen LogP contribution < -0.4 is 10.5 Å². The standard InChI is InChI=1S/C16H23BrN2O3.ClH/c1-19(8-11-22-14-4-2-13(17)3-5-14)15(20)16(12-18)6-9-21-10-7-16;/h2-5H,6-12,18H2,1H3;1H. The molecular weight excluding hydrogens is 384 g/mol. The summed E-state index contributed by atoms with van der Waals surface area (Å²) in [4.78, 5) is 14.4. The van der Waals surface area contributed by atoms with Gasteiger partial charge >= 0.3 is 0 Å². The molecular formula is C16H24BrClN2O3. The fraction of sp³-hybridized carbons (Fsp3) is 0.562. The maximum atomic E-state index is 12.7. The van der Waals surface area contributed by atoms with Gasteiger partial charge in [-0.15, -0.1) is 12.4 Å². The first-order chi connectivity index (χ1) is 10.6. The number of hydrogen-bond donors (Lipinski definition) is 1. The van der Waals surface area contributed by atoms with Gasteiger partial charge in [-0.25, -0.2) is 0 Å². The lowest BCUT2D eigenvalue weighted by molar-refractivity contribution is -0.146. The van der Waals surface area contributed by atoms with E-state index in [1.54, 1.807) is 11.9 Å². The molecule has 0 spiro atoms. The Kier molecular flexibility index (Phi) is 8.33. The highest BCUT2D eigenvalue weighted by molar-refractivity contribution is 9.10. The van der Waals surface area contributed by atoms with Crippen molar-refractivity contribution in [2.45, 2.75) is 12.8 Å². The van der Waals surface area contributed by atoms with Crippen molar-refractivity contribution in [2.75, 3.05) is 40.0 Å². The number of nitrogens with zero attached hydrogens (tertiary/aromatic N) is 1. The SMILES string of the molecule is CN(CCOc1ccc(Br)cc1)C(=O)C1(CN)CCOCC1.Cl. The summed E-state index contributed by atoms with van der Waals surface area (Å²) in [6, 6.07) is 7.64. The normalized spacial score (nSPS) is 16.3. The molecule has 0 aliphatic carbocycles. The fourth-order valence-electron chi connectivity index (χ4n) is 2.61. The summed E-state index contributed by atoms with van der Waals surface area (Å²) in [6.45, 7) is 2.57. The largest absolute Gasteiger partial charge is 0.492 e. The van der Waals surface area contributed by atoms with Crippen LogP contribution in [0.3, 0.4) is 0 Å². The molecule has 2 N–H and O–H groups in total. The van der Waals surface area contributed by atoms with E-state index < -0.39 is 5.41 Å². The number of ether oxygens (including phenoxy) is 2. The van der Waals surface area contributed by atoms with Crippen molar-refractivity contribution in [2.24, 2.45) is 11.1 Å². The van der Waals surface area contributed by atoms with E-state index in [1.165, 1.54) is 0 Å². The first kappa shape index (κ1) is 20.2. The predicted molar refractivity (Wildman–Crippen MR) is 96.1 cm³/mol. The Morgan fingerprint density at radius 1 is 1.35 bits per heavy atom. The van der Waals surface area contributed by atoms with Crippen LogP contribution in [0.4, 0.5) is 0 Å². The third kappa shape index (κ3) is 5.35. The number of nitrogens with two attached hydrogens (primary N) is 1. The van der Waals surface area contributed by atoms with Crippen LogP contribution in [0.15, 0.2) is 28.7 Å². The molecule has 23 heavy (non-hydrogen) atoms. The highest BCUT2D eigenvalue weighted by Crippen LogP contribution is 2.31. The lowest BCUT2D eigenvalue weighted by atomic mass is 9.79. The zero-order valence-corrected chi connectivity index (χ0v) is 15.7. The number of likely N-dealkylation sites (N-methyl/N-ethyl adjacent to an activating group) is 1. The second-order valence-corrected chi connectivity index (χ2v) is 6.54. The van der Waals surface area contributed by atoms with Gasteiger partial charge in [-0.2, -0.15) is 0 Å². The second kappa shape index (κ2) is 9.47. The van der Waals surface area contributed by atoms with E-state index >= 15 is 0 Å². The third-order valence-corrected chi connectivity index (χ3v) is 4.68. The van der Waals surface area contributed by atoms with Crippen molar-refractivity contribution in [1.29, 1.82) is 0 Å². The maximum Gasteiger partial charge on any atom is 0.230 e. The molecule has 5 nitrogen and oxygen atoms in total. The van der Waals surface area contributed by atoms with E-state index in [0.717, 1.165) is 10.2 Å². The number of carbonyl (C=O) groups is 1. The molecule has 1 aromatic carbocycles. The van der Waals surface area contributed by atoms with Crippen molar-refractivity contribution in [3.8, 4) is 5.75 Å². The summed E-state index contributed by atoms with van der Waals surface area (Å²) in [5.74, 6) is 0.890. The number of benzene rings is 1. The van der Waals surface area contributed by atoms with E-state index in [9.17, 15) is 4.79 Å². The second-order valence-electron chi connectivity index (χ2n) is 5.63. The molecule has 0 atom stereocenters. The van der Waals surface area contributed by atoms with E-state index in [1.807, 2.05) is 24.3 Å². The molecule has 1 amide bonds. The van der Waals surface area contributed by atoms with Crippen LogP contribution in [-0.4, -0.2) is 50.8 Å². The van der Waals surface area contributed by atoms with Crippen molar-refractivity contribution >= 4 is 34.2 Å². The minimum Gasteiger partial charge on any atom is -0.492 e. The van der Waals surface area contributed by atoms with Crippen LogP contribution in [0.25, 0.3) is 0 Å². The zero-order chi connectivity index (χ0) is 16.0. The van der Waals surface area contributed by atoms with Gasteiger partial charge in [-0.1, -0.05) is 15.9 Å². The Morgan fingerprint density at radius 2 is 1.96 bits per heavy atom. The minimum absolute atomic E-state index is 0. The summed E-state index contributed by atoms with van der Waals surface area (Å²) in [6.07, 6.45) is 1.39. The Labute approximate surface area is 152 Å². The van der Waals surface area contributed by atoms with Gasteiger partial charge in [0.25, 0.3) is 0 Å². The molecule has 1 saturated heterocycles. The minimum atomic E-state index is -0.468. The molecule has 7 heteroatoms. The number of amides is 1. The maximum absolute atomic E-state index is 12.7. The highest BCUT2D eigenvalue weighted by atomic mass is 79.9. The molecule has 2 rings (SSSR count).